The van der Waals surface area contributed by atoms with Crippen molar-refractivity contribution in [3.05, 3.63) is 58.1 Å². The summed E-state index contributed by atoms with van der Waals surface area (Å²) in [4.78, 5) is 25.2. The number of aryl methyl sites for hydroxylation is 2. The second kappa shape index (κ2) is 7.13. The van der Waals surface area contributed by atoms with Gasteiger partial charge in [0.15, 0.2) is 11.5 Å². The van der Waals surface area contributed by atoms with Crippen LogP contribution < -0.4 is 0 Å². The van der Waals surface area contributed by atoms with E-state index in [9.17, 15) is 4.79 Å². The molecule has 7 nitrogen and oxygen atoms in total. The van der Waals surface area contributed by atoms with E-state index in [1.165, 1.54) is 46.3 Å². The zero-order valence-electron chi connectivity index (χ0n) is 18.4. The fraction of sp³-hybridized carbons (Fsp3) is 0.333. The molecule has 162 valence electrons. The Morgan fingerprint density at radius 2 is 2.00 bits per heavy atom. The molecule has 6 rings (SSSR count). The maximum Gasteiger partial charge on any atom is 0.263 e. The predicted molar refractivity (Wildman–Crippen MR) is 127 cm³/mol. The van der Waals surface area contributed by atoms with E-state index in [-0.39, 0.29) is 5.91 Å². The van der Waals surface area contributed by atoms with Crippen LogP contribution in [0.5, 0.6) is 0 Å². The predicted octanol–water partition coefficient (Wildman–Crippen LogP) is 4.23. The lowest BCUT2D eigenvalue weighted by Gasteiger charge is -2.15. The third kappa shape index (κ3) is 2.79. The molecule has 32 heavy (non-hydrogen) atoms. The molecule has 4 heterocycles. The van der Waals surface area contributed by atoms with Gasteiger partial charge in [0, 0.05) is 30.7 Å². The van der Waals surface area contributed by atoms with Gasteiger partial charge in [-0.05, 0) is 49.8 Å². The molecule has 8 heteroatoms. The summed E-state index contributed by atoms with van der Waals surface area (Å²) in [5.74, 6) is 0.758. The van der Waals surface area contributed by atoms with E-state index < -0.39 is 0 Å². The Morgan fingerprint density at radius 3 is 2.84 bits per heavy atom. The van der Waals surface area contributed by atoms with Crippen molar-refractivity contribution < 1.29 is 4.79 Å². The SMILES string of the molecule is Cc1c(C(=O)N(C)C)sc2ncn3nc(Cn4c5c(c6ccccc64)CCCC5)nc3c12. The smallest absolute Gasteiger partial charge is 0.263 e. The minimum absolute atomic E-state index is 0.00572. The number of thiophene rings is 1. The van der Waals surface area contributed by atoms with Crippen LogP contribution in [0.1, 0.15) is 45.2 Å². The quantitative estimate of drug-likeness (QED) is 0.418. The number of nitrogens with zero attached hydrogens (tertiary/aromatic N) is 6. The van der Waals surface area contributed by atoms with E-state index in [1.807, 2.05) is 6.92 Å². The summed E-state index contributed by atoms with van der Waals surface area (Å²) in [6.45, 7) is 2.60. The highest BCUT2D eigenvalue weighted by atomic mass is 32.1. The largest absolute Gasteiger partial charge is 0.344 e. The lowest BCUT2D eigenvalue weighted by Crippen LogP contribution is -2.21. The van der Waals surface area contributed by atoms with Crippen LogP contribution in [0.2, 0.25) is 0 Å². The summed E-state index contributed by atoms with van der Waals surface area (Å²) in [6, 6.07) is 8.66. The van der Waals surface area contributed by atoms with Gasteiger partial charge in [-0.25, -0.2) is 14.5 Å². The lowest BCUT2D eigenvalue weighted by atomic mass is 9.96. The number of aromatic nitrogens is 5. The molecule has 0 saturated heterocycles. The number of carbonyl (C=O) groups excluding carboxylic acids is 1. The first-order valence-electron chi connectivity index (χ1n) is 11.0. The first kappa shape index (κ1) is 19.4. The summed E-state index contributed by atoms with van der Waals surface area (Å²) in [5.41, 5.74) is 5.85. The molecule has 0 bridgehead atoms. The van der Waals surface area contributed by atoms with Crippen LogP contribution in [0.3, 0.4) is 0 Å². The Labute approximate surface area is 189 Å². The number of carbonyl (C=O) groups is 1. The van der Waals surface area contributed by atoms with Crippen LogP contribution in [-0.2, 0) is 19.4 Å². The number of fused-ring (bicyclic) bond motifs is 6. The van der Waals surface area contributed by atoms with Gasteiger partial charge < -0.3 is 9.47 Å². The maximum atomic E-state index is 12.6. The van der Waals surface area contributed by atoms with E-state index in [0.29, 0.717) is 11.4 Å². The Kier molecular flexibility index (Phi) is 4.33. The van der Waals surface area contributed by atoms with Gasteiger partial charge in [0.2, 0.25) is 0 Å². The highest BCUT2D eigenvalue weighted by Gasteiger charge is 2.23. The van der Waals surface area contributed by atoms with Gasteiger partial charge in [-0.3, -0.25) is 4.79 Å². The first-order chi connectivity index (χ1) is 15.5. The molecule has 0 fully saturated rings. The van der Waals surface area contributed by atoms with Crippen LogP contribution in [0.4, 0.5) is 0 Å². The van der Waals surface area contributed by atoms with Crippen molar-refractivity contribution >= 4 is 44.0 Å². The molecule has 1 aliphatic carbocycles. The summed E-state index contributed by atoms with van der Waals surface area (Å²) in [6.07, 6.45) is 6.43. The monoisotopic (exact) mass is 444 g/mol. The van der Waals surface area contributed by atoms with Crippen molar-refractivity contribution in [3.8, 4) is 0 Å². The molecule has 0 atom stereocenters. The highest BCUT2D eigenvalue weighted by molar-refractivity contribution is 7.20. The van der Waals surface area contributed by atoms with Crippen molar-refractivity contribution in [1.82, 2.24) is 29.0 Å². The summed E-state index contributed by atoms with van der Waals surface area (Å²) >= 11 is 1.42. The van der Waals surface area contributed by atoms with Gasteiger partial charge in [0.1, 0.15) is 11.2 Å². The summed E-state index contributed by atoms with van der Waals surface area (Å²) in [7, 11) is 3.54. The van der Waals surface area contributed by atoms with Gasteiger partial charge in [0.25, 0.3) is 5.91 Å². The number of hydrogen-bond donors (Lipinski definition) is 0. The topological polar surface area (TPSA) is 68.3 Å². The molecule has 1 amide bonds. The lowest BCUT2D eigenvalue weighted by molar-refractivity contribution is 0.0831. The average Bonchev–Trinajstić information content (AvgIpc) is 3.46. The van der Waals surface area contributed by atoms with Crippen LogP contribution in [0.15, 0.2) is 30.6 Å². The molecule has 4 aromatic heterocycles. The molecule has 0 unspecified atom stereocenters. The molecule has 5 aromatic rings. The molecule has 0 saturated carbocycles. The third-order valence-corrected chi connectivity index (χ3v) is 7.68. The average molecular weight is 445 g/mol. The normalized spacial score (nSPS) is 13.8. The van der Waals surface area contributed by atoms with Crippen molar-refractivity contribution in [3.63, 3.8) is 0 Å². The van der Waals surface area contributed by atoms with E-state index in [2.05, 4.69) is 33.8 Å². The van der Waals surface area contributed by atoms with Gasteiger partial charge in [-0.1, -0.05) is 18.2 Å². The maximum absolute atomic E-state index is 12.6. The standard InChI is InChI=1S/C24H24N6OS/c1-14-20-22-26-19(27-30(22)13-25-23(20)32-21(14)24(31)28(2)3)12-29-17-10-6-4-8-15(17)16-9-5-7-11-18(16)29/h4,6,8,10,13H,5,7,9,11-12H2,1-3H3. The molecule has 1 aromatic carbocycles. The fourth-order valence-electron chi connectivity index (χ4n) is 4.96. The molecule has 1 aliphatic rings. The molecule has 0 N–H and O–H groups in total. The summed E-state index contributed by atoms with van der Waals surface area (Å²) < 4.78 is 4.14. The van der Waals surface area contributed by atoms with Crippen molar-refractivity contribution in [2.45, 2.75) is 39.2 Å². The molecule has 0 aliphatic heterocycles. The number of rotatable bonds is 3. The van der Waals surface area contributed by atoms with Crippen molar-refractivity contribution in [1.29, 1.82) is 0 Å². The second-order valence-electron chi connectivity index (χ2n) is 8.71. The number of benzene rings is 1. The molecular weight excluding hydrogens is 420 g/mol. The molecular formula is C24H24N6OS. The summed E-state index contributed by atoms with van der Waals surface area (Å²) in [5, 5.41) is 7.03. The van der Waals surface area contributed by atoms with Crippen LogP contribution in [0, 0.1) is 6.92 Å². The molecule has 0 radical (unpaired) electrons. The minimum atomic E-state index is -0.00572. The number of hydrogen-bond acceptors (Lipinski definition) is 5. The first-order valence-corrected chi connectivity index (χ1v) is 11.8. The zero-order chi connectivity index (χ0) is 22.0. The van der Waals surface area contributed by atoms with Gasteiger partial charge in [-0.2, -0.15) is 0 Å². The Bertz CT molecular complexity index is 1520. The Morgan fingerprint density at radius 1 is 1.19 bits per heavy atom. The van der Waals surface area contributed by atoms with E-state index in [0.717, 1.165) is 40.1 Å². The van der Waals surface area contributed by atoms with Gasteiger partial charge >= 0.3 is 0 Å². The minimum Gasteiger partial charge on any atom is -0.344 e. The van der Waals surface area contributed by atoms with Crippen molar-refractivity contribution in [2.75, 3.05) is 14.1 Å². The van der Waals surface area contributed by atoms with Crippen molar-refractivity contribution in [2.24, 2.45) is 0 Å². The Balaban J connectivity index is 1.49. The molecule has 0 spiro atoms. The van der Waals surface area contributed by atoms with Crippen LogP contribution in [0.25, 0.3) is 26.8 Å². The van der Waals surface area contributed by atoms with Gasteiger partial charge in [0.05, 0.1) is 16.8 Å². The Hall–Kier alpha value is -3.26. The van der Waals surface area contributed by atoms with Gasteiger partial charge in [-0.15, -0.1) is 16.4 Å². The van der Waals surface area contributed by atoms with Crippen LogP contribution in [-0.4, -0.2) is 49.1 Å². The van der Waals surface area contributed by atoms with E-state index in [4.69, 9.17) is 10.1 Å². The van der Waals surface area contributed by atoms with Crippen LogP contribution >= 0.6 is 11.3 Å². The van der Waals surface area contributed by atoms with E-state index in [1.54, 1.807) is 29.8 Å². The third-order valence-electron chi connectivity index (χ3n) is 6.50. The highest BCUT2D eigenvalue weighted by Crippen LogP contribution is 2.34. The number of para-hydroxylation sites is 1. The second-order valence-corrected chi connectivity index (χ2v) is 9.71. The van der Waals surface area contributed by atoms with E-state index >= 15 is 0 Å². The zero-order valence-corrected chi connectivity index (χ0v) is 19.2. The number of amides is 1. The fourth-order valence-corrected chi connectivity index (χ4v) is 6.13.